The van der Waals surface area contributed by atoms with Gasteiger partial charge in [0.15, 0.2) is 10.2 Å². The molecule has 6 N–H and O–H groups in total. The van der Waals surface area contributed by atoms with Crippen LogP contribution in [0.25, 0.3) is 0 Å². The molecule has 7 nitrogen and oxygen atoms in total. The van der Waals surface area contributed by atoms with E-state index in [4.69, 9.17) is 24.4 Å². The lowest BCUT2D eigenvalue weighted by Crippen LogP contribution is -2.43. The Labute approximate surface area is 197 Å². The number of anilines is 3. The molecule has 0 radical (unpaired) electrons. The first kappa shape index (κ1) is 23.0. The van der Waals surface area contributed by atoms with Gasteiger partial charge in [0.05, 0.1) is 5.69 Å². The van der Waals surface area contributed by atoms with Crippen molar-refractivity contribution >= 4 is 57.6 Å². The van der Waals surface area contributed by atoms with Gasteiger partial charge in [0.2, 0.25) is 0 Å². The summed E-state index contributed by atoms with van der Waals surface area (Å²) in [4.78, 5) is 12.3. The number of benzene rings is 3. The minimum absolute atomic E-state index is 0.291. The molecule has 0 aliphatic carbocycles. The second kappa shape index (κ2) is 11.1. The van der Waals surface area contributed by atoms with E-state index < -0.39 is 0 Å². The van der Waals surface area contributed by atoms with Gasteiger partial charge in [-0.1, -0.05) is 35.4 Å². The maximum Gasteiger partial charge on any atom is 0.269 e. The third-order valence-corrected chi connectivity index (χ3v) is 4.78. The molecule has 0 unspecified atom stereocenters. The van der Waals surface area contributed by atoms with E-state index in [9.17, 15) is 4.79 Å². The first-order valence-corrected chi connectivity index (χ1v) is 10.6. The van der Waals surface area contributed by atoms with E-state index >= 15 is 0 Å². The summed E-state index contributed by atoms with van der Waals surface area (Å²) in [5.41, 5.74) is 16.4. The Morgan fingerprint density at radius 3 is 1.53 bits per heavy atom. The Balaban J connectivity index is 1.42. The van der Waals surface area contributed by atoms with Gasteiger partial charge in [-0.25, -0.2) is 0 Å². The molecule has 0 aliphatic heterocycles. The molecule has 0 atom stereocenters. The summed E-state index contributed by atoms with van der Waals surface area (Å²) in [6, 6.07) is 22.6. The Hall–Kier alpha value is -3.69. The van der Waals surface area contributed by atoms with Gasteiger partial charge in [0.1, 0.15) is 0 Å². The first-order chi connectivity index (χ1) is 15.4. The lowest BCUT2D eigenvalue weighted by Gasteiger charge is -2.14. The number of carbonyl (C=O) groups excluding carboxylic acids is 1. The van der Waals surface area contributed by atoms with Crippen molar-refractivity contribution in [2.45, 2.75) is 13.8 Å². The molecule has 3 aromatic rings. The summed E-state index contributed by atoms with van der Waals surface area (Å²) in [6.45, 7) is 4.03. The molecule has 3 aromatic carbocycles. The zero-order chi connectivity index (χ0) is 22.9. The highest BCUT2D eigenvalue weighted by Crippen LogP contribution is 2.11. The number of thiocarbonyl (C=S) groups is 2. The Morgan fingerprint density at radius 2 is 1.03 bits per heavy atom. The third kappa shape index (κ3) is 7.22. The van der Waals surface area contributed by atoms with Gasteiger partial charge in [-0.15, -0.1) is 0 Å². The van der Waals surface area contributed by atoms with Crippen molar-refractivity contribution in [1.29, 1.82) is 0 Å². The molecule has 0 saturated heterocycles. The number of nitrogens with one attached hydrogen (secondary N) is 6. The number of hydrogen-bond acceptors (Lipinski definition) is 4. The average Bonchev–Trinajstić information content (AvgIpc) is 2.79. The van der Waals surface area contributed by atoms with Crippen LogP contribution in [0.4, 0.5) is 17.1 Å². The topological polar surface area (TPSA) is 89.2 Å². The van der Waals surface area contributed by atoms with Gasteiger partial charge < -0.3 is 10.6 Å². The molecule has 3 rings (SSSR count). The average molecular weight is 465 g/mol. The molecule has 1 amide bonds. The summed E-state index contributed by atoms with van der Waals surface area (Å²) in [5, 5.41) is 6.80. The predicted octanol–water partition coefficient (Wildman–Crippen LogP) is 4.25. The van der Waals surface area contributed by atoms with Crippen LogP contribution in [-0.2, 0) is 0 Å². The summed E-state index contributed by atoms with van der Waals surface area (Å²) >= 11 is 10.5. The third-order valence-electron chi connectivity index (χ3n) is 4.38. The van der Waals surface area contributed by atoms with Crippen LogP contribution in [0.15, 0.2) is 72.8 Å². The number of hydrogen-bond donors (Lipinski definition) is 6. The monoisotopic (exact) mass is 464 g/mol. The molecule has 0 aromatic heterocycles. The lowest BCUT2D eigenvalue weighted by molar-refractivity contribution is 0.0944. The van der Waals surface area contributed by atoms with E-state index in [0.29, 0.717) is 15.8 Å². The molecule has 32 heavy (non-hydrogen) atoms. The van der Waals surface area contributed by atoms with Crippen LogP contribution in [-0.4, -0.2) is 16.1 Å². The van der Waals surface area contributed by atoms with E-state index in [1.807, 2.05) is 62.4 Å². The molecule has 164 valence electrons. The van der Waals surface area contributed by atoms with Gasteiger partial charge in [0, 0.05) is 16.9 Å². The van der Waals surface area contributed by atoms with Gasteiger partial charge >= 0.3 is 0 Å². The zero-order valence-corrected chi connectivity index (χ0v) is 19.3. The summed E-state index contributed by atoms with van der Waals surface area (Å²) in [6.07, 6.45) is 0. The van der Waals surface area contributed by atoms with E-state index in [1.165, 1.54) is 5.56 Å². The number of amides is 1. The number of carbonyl (C=O) groups is 1. The van der Waals surface area contributed by atoms with Crippen LogP contribution < -0.4 is 32.3 Å². The van der Waals surface area contributed by atoms with Crippen molar-refractivity contribution in [3.8, 4) is 0 Å². The van der Waals surface area contributed by atoms with Gasteiger partial charge in [-0.05, 0) is 86.8 Å². The molecular weight excluding hydrogens is 440 g/mol. The molecule has 0 saturated carbocycles. The van der Waals surface area contributed by atoms with Crippen molar-refractivity contribution in [3.05, 3.63) is 89.5 Å². The van der Waals surface area contributed by atoms with Crippen molar-refractivity contribution in [2.24, 2.45) is 0 Å². The molecule has 0 heterocycles. The SMILES string of the molecule is Cc1ccc(NC(=S)NNC(=O)c2ccc(NNC(=S)Nc3ccc(C)cc3)cc2)cc1. The fourth-order valence-electron chi connectivity index (χ4n) is 2.62. The Kier molecular flexibility index (Phi) is 7.96. The maximum absolute atomic E-state index is 12.3. The maximum atomic E-state index is 12.3. The quantitative estimate of drug-likeness (QED) is 0.247. The van der Waals surface area contributed by atoms with E-state index in [2.05, 4.69) is 32.3 Å². The minimum atomic E-state index is -0.311. The van der Waals surface area contributed by atoms with Crippen molar-refractivity contribution in [3.63, 3.8) is 0 Å². The van der Waals surface area contributed by atoms with E-state index in [0.717, 1.165) is 22.6 Å². The number of hydrazine groups is 2. The Bertz CT molecular complexity index is 1080. The number of aryl methyl sites for hydroxylation is 2. The molecule has 0 fully saturated rings. The van der Waals surface area contributed by atoms with E-state index in [-0.39, 0.29) is 5.91 Å². The summed E-state index contributed by atoms with van der Waals surface area (Å²) in [5.74, 6) is -0.311. The Morgan fingerprint density at radius 1 is 0.594 bits per heavy atom. The molecular formula is C23H24N6OS2. The van der Waals surface area contributed by atoms with Crippen LogP contribution in [0, 0.1) is 13.8 Å². The summed E-state index contributed by atoms with van der Waals surface area (Å²) < 4.78 is 0. The predicted molar refractivity (Wildman–Crippen MR) is 139 cm³/mol. The lowest BCUT2D eigenvalue weighted by atomic mass is 10.2. The smallest absolute Gasteiger partial charge is 0.269 e. The highest BCUT2D eigenvalue weighted by Gasteiger charge is 2.06. The van der Waals surface area contributed by atoms with Crippen molar-refractivity contribution in [1.82, 2.24) is 16.3 Å². The van der Waals surface area contributed by atoms with Gasteiger partial charge in [-0.3, -0.25) is 26.5 Å². The van der Waals surface area contributed by atoms with Crippen LogP contribution >= 0.6 is 24.4 Å². The number of rotatable bonds is 5. The molecule has 0 aliphatic rings. The van der Waals surface area contributed by atoms with Crippen molar-refractivity contribution in [2.75, 3.05) is 16.1 Å². The largest absolute Gasteiger partial charge is 0.331 e. The minimum Gasteiger partial charge on any atom is -0.331 e. The standard InChI is InChI=1S/C23H24N6OS2/c1-15-3-9-18(10-4-15)24-22(31)28-26-20-13-7-17(8-14-20)21(30)27-29-23(32)25-19-11-5-16(2)6-12-19/h3-14,26H,1-2H3,(H,27,30)(H2,24,28,31)(H2,25,29,32). The summed E-state index contributed by atoms with van der Waals surface area (Å²) in [7, 11) is 0. The second-order valence-corrected chi connectivity index (χ2v) is 7.86. The zero-order valence-electron chi connectivity index (χ0n) is 17.7. The molecule has 0 bridgehead atoms. The van der Waals surface area contributed by atoms with Gasteiger partial charge in [0.25, 0.3) is 5.91 Å². The van der Waals surface area contributed by atoms with Crippen molar-refractivity contribution < 1.29 is 4.79 Å². The van der Waals surface area contributed by atoms with Crippen LogP contribution in [0.1, 0.15) is 21.5 Å². The normalized spacial score (nSPS) is 9.94. The molecule has 9 heteroatoms. The van der Waals surface area contributed by atoms with Crippen LogP contribution in [0.3, 0.4) is 0 Å². The molecule has 0 spiro atoms. The first-order valence-electron chi connectivity index (χ1n) is 9.83. The van der Waals surface area contributed by atoms with Crippen LogP contribution in [0.2, 0.25) is 0 Å². The highest BCUT2D eigenvalue weighted by atomic mass is 32.1. The fraction of sp³-hybridized carbons (Fsp3) is 0.0870. The van der Waals surface area contributed by atoms with Crippen LogP contribution in [0.5, 0.6) is 0 Å². The fourth-order valence-corrected chi connectivity index (χ4v) is 2.96. The highest BCUT2D eigenvalue weighted by molar-refractivity contribution is 7.80. The van der Waals surface area contributed by atoms with E-state index in [1.54, 1.807) is 24.3 Å². The van der Waals surface area contributed by atoms with Gasteiger partial charge in [-0.2, -0.15) is 0 Å². The second-order valence-electron chi connectivity index (χ2n) is 7.05.